The molecule has 0 aliphatic carbocycles. The lowest BCUT2D eigenvalue weighted by Crippen LogP contribution is -2.52. The number of fused-ring (bicyclic) bond motifs is 2. The molecular formula is C24H26N4O3. The Bertz CT molecular complexity index is 1070. The molecule has 3 amide bonds. The third kappa shape index (κ3) is 3.59. The van der Waals surface area contributed by atoms with E-state index >= 15 is 0 Å². The summed E-state index contributed by atoms with van der Waals surface area (Å²) in [5.41, 5.74) is 11.3. The van der Waals surface area contributed by atoms with Gasteiger partial charge in [0.25, 0.3) is 5.91 Å². The van der Waals surface area contributed by atoms with Gasteiger partial charge in [0.05, 0.1) is 0 Å². The minimum atomic E-state index is -0.583. The quantitative estimate of drug-likeness (QED) is 0.735. The van der Waals surface area contributed by atoms with Crippen molar-refractivity contribution in [2.75, 3.05) is 18.0 Å². The van der Waals surface area contributed by atoms with Gasteiger partial charge < -0.3 is 15.5 Å². The van der Waals surface area contributed by atoms with Crippen LogP contribution in [-0.4, -0.2) is 41.8 Å². The lowest BCUT2D eigenvalue weighted by molar-refractivity contribution is -0.136. The Labute approximate surface area is 181 Å². The zero-order valence-electron chi connectivity index (χ0n) is 17.3. The minimum absolute atomic E-state index is 0.137. The van der Waals surface area contributed by atoms with Crippen molar-refractivity contribution in [3.63, 3.8) is 0 Å². The Hall–Kier alpha value is -3.19. The fourth-order valence-electron chi connectivity index (χ4n) is 5.03. The highest BCUT2D eigenvalue weighted by Crippen LogP contribution is 2.32. The predicted molar refractivity (Wildman–Crippen MR) is 116 cm³/mol. The molecule has 0 radical (unpaired) electrons. The Morgan fingerprint density at radius 3 is 2.71 bits per heavy atom. The molecule has 160 valence electrons. The summed E-state index contributed by atoms with van der Waals surface area (Å²) in [4.78, 5) is 40.6. The molecule has 0 saturated carbocycles. The van der Waals surface area contributed by atoms with E-state index in [4.69, 9.17) is 5.73 Å². The van der Waals surface area contributed by atoms with E-state index in [1.807, 2.05) is 12.1 Å². The van der Waals surface area contributed by atoms with Crippen LogP contribution < -0.4 is 16.0 Å². The van der Waals surface area contributed by atoms with Gasteiger partial charge >= 0.3 is 0 Å². The van der Waals surface area contributed by atoms with Gasteiger partial charge in [-0.1, -0.05) is 30.3 Å². The molecule has 0 aromatic heterocycles. The lowest BCUT2D eigenvalue weighted by atomic mass is 9.92. The van der Waals surface area contributed by atoms with Gasteiger partial charge in [-0.05, 0) is 54.1 Å². The number of piperidine rings is 1. The first-order valence-electron chi connectivity index (χ1n) is 10.8. The van der Waals surface area contributed by atoms with Crippen LogP contribution in [0.15, 0.2) is 42.5 Å². The summed E-state index contributed by atoms with van der Waals surface area (Å²) in [5, 5.41) is 2.35. The van der Waals surface area contributed by atoms with Gasteiger partial charge in [-0.3, -0.25) is 19.7 Å². The maximum Gasteiger partial charge on any atom is 0.255 e. The van der Waals surface area contributed by atoms with Gasteiger partial charge in [0.2, 0.25) is 11.8 Å². The first-order chi connectivity index (χ1) is 15.0. The summed E-state index contributed by atoms with van der Waals surface area (Å²) in [7, 11) is 0. The van der Waals surface area contributed by atoms with Crippen LogP contribution in [0.3, 0.4) is 0 Å². The predicted octanol–water partition coefficient (Wildman–Crippen LogP) is 1.59. The number of hydrogen-bond donors (Lipinski definition) is 2. The Kier molecular flexibility index (Phi) is 4.98. The summed E-state index contributed by atoms with van der Waals surface area (Å²) in [5.74, 6) is -0.364. The second-order valence-corrected chi connectivity index (χ2v) is 8.71. The molecule has 3 heterocycles. The molecule has 2 aromatic carbocycles. The number of carbonyl (C=O) groups is 3. The number of para-hydroxylation sites is 1. The zero-order valence-corrected chi connectivity index (χ0v) is 17.3. The molecule has 3 N–H and O–H groups in total. The Morgan fingerprint density at radius 2 is 1.90 bits per heavy atom. The van der Waals surface area contributed by atoms with Gasteiger partial charge in [-0.2, -0.15) is 0 Å². The van der Waals surface area contributed by atoms with Gasteiger partial charge in [0.1, 0.15) is 6.04 Å². The van der Waals surface area contributed by atoms with Crippen LogP contribution in [0.25, 0.3) is 0 Å². The van der Waals surface area contributed by atoms with Gasteiger partial charge in [0.15, 0.2) is 0 Å². The third-order valence-electron chi connectivity index (χ3n) is 6.61. The number of anilines is 1. The molecule has 2 atom stereocenters. The molecule has 5 rings (SSSR count). The number of nitrogens with zero attached hydrogens (tertiary/aromatic N) is 2. The number of hydrogen-bond acceptors (Lipinski definition) is 5. The van der Waals surface area contributed by atoms with E-state index in [1.54, 1.807) is 4.90 Å². The van der Waals surface area contributed by atoms with Crippen LogP contribution in [0.1, 0.15) is 39.9 Å². The SMILES string of the molecule is NCC1Cc2ccccc2N(Cc2ccc3c(c2)CN(C2CCC(=O)NC2=O)C3=O)C1. The second kappa shape index (κ2) is 7.81. The highest BCUT2D eigenvalue weighted by Gasteiger charge is 2.39. The largest absolute Gasteiger partial charge is 0.367 e. The number of nitrogens with two attached hydrogens (primary N) is 1. The van der Waals surface area contributed by atoms with E-state index < -0.39 is 6.04 Å². The van der Waals surface area contributed by atoms with Crippen LogP contribution in [-0.2, 0) is 29.1 Å². The number of rotatable bonds is 4. The maximum absolute atomic E-state index is 12.9. The van der Waals surface area contributed by atoms with Gasteiger partial charge in [0, 0.05) is 37.3 Å². The van der Waals surface area contributed by atoms with E-state index in [1.165, 1.54) is 11.3 Å². The molecule has 7 heteroatoms. The fourth-order valence-corrected chi connectivity index (χ4v) is 5.03. The van der Waals surface area contributed by atoms with Crippen LogP contribution in [0.4, 0.5) is 5.69 Å². The van der Waals surface area contributed by atoms with E-state index in [2.05, 4.69) is 40.5 Å². The van der Waals surface area contributed by atoms with Crippen molar-refractivity contribution in [1.29, 1.82) is 0 Å². The van der Waals surface area contributed by atoms with Crippen LogP contribution in [0.2, 0.25) is 0 Å². The molecular weight excluding hydrogens is 392 g/mol. The maximum atomic E-state index is 12.9. The molecule has 31 heavy (non-hydrogen) atoms. The fraction of sp³-hybridized carbons (Fsp3) is 0.375. The normalized spacial score (nSPS) is 22.9. The number of amides is 3. The van der Waals surface area contributed by atoms with Crippen LogP contribution in [0.5, 0.6) is 0 Å². The molecule has 3 aliphatic rings. The van der Waals surface area contributed by atoms with Crippen molar-refractivity contribution in [3.8, 4) is 0 Å². The van der Waals surface area contributed by atoms with E-state index in [0.29, 0.717) is 31.0 Å². The molecule has 2 unspecified atom stereocenters. The summed E-state index contributed by atoms with van der Waals surface area (Å²) >= 11 is 0. The lowest BCUT2D eigenvalue weighted by Gasteiger charge is -2.36. The summed E-state index contributed by atoms with van der Waals surface area (Å²) in [6.45, 7) is 2.71. The highest BCUT2D eigenvalue weighted by molar-refractivity contribution is 6.05. The molecule has 1 saturated heterocycles. The third-order valence-corrected chi connectivity index (χ3v) is 6.61. The number of imide groups is 1. The first kappa shape index (κ1) is 19.8. The summed E-state index contributed by atoms with van der Waals surface area (Å²) < 4.78 is 0. The van der Waals surface area contributed by atoms with E-state index in [-0.39, 0.29) is 24.1 Å². The van der Waals surface area contributed by atoms with E-state index in [9.17, 15) is 14.4 Å². The molecule has 0 spiro atoms. The molecule has 7 nitrogen and oxygen atoms in total. The number of benzene rings is 2. The smallest absolute Gasteiger partial charge is 0.255 e. The summed E-state index contributed by atoms with van der Waals surface area (Å²) in [6.07, 6.45) is 1.64. The van der Waals surface area contributed by atoms with Gasteiger partial charge in [-0.25, -0.2) is 0 Å². The first-order valence-corrected chi connectivity index (χ1v) is 10.8. The summed E-state index contributed by atoms with van der Waals surface area (Å²) in [6, 6.07) is 13.8. The molecule has 1 fully saturated rings. The molecule has 3 aliphatic heterocycles. The number of carbonyl (C=O) groups excluding carboxylic acids is 3. The van der Waals surface area contributed by atoms with Crippen molar-refractivity contribution in [3.05, 3.63) is 64.7 Å². The standard InChI is InChI=1S/C24H26N4O3/c25-11-16-10-17-3-1-2-4-20(17)27(13-16)12-15-5-6-19-18(9-15)14-28(24(19)31)21-7-8-22(29)26-23(21)30/h1-6,9,16,21H,7-8,10-14,25H2,(H,26,29,30). The van der Waals surface area contributed by atoms with Crippen molar-refractivity contribution in [1.82, 2.24) is 10.2 Å². The zero-order chi connectivity index (χ0) is 21.5. The highest BCUT2D eigenvalue weighted by atomic mass is 16.2. The van der Waals surface area contributed by atoms with Crippen molar-refractivity contribution >= 4 is 23.4 Å². The Morgan fingerprint density at radius 1 is 1.06 bits per heavy atom. The second-order valence-electron chi connectivity index (χ2n) is 8.71. The minimum Gasteiger partial charge on any atom is -0.367 e. The Balaban J connectivity index is 1.36. The van der Waals surface area contributed by atoms with Crippen LogP contribution >= 0.6 is 0 Å². The van der Waals surface area contributed by atoms with Crippen molar-refractivity contribution in [2.45, 2.75) is 38.4 Å². The van der Waals surface area contributed by atoms with E-state index in [0.717, 1.165) is 30.6 Å². The average molecular weight is 418 g/mol. The van der Waals surface area contributed by atoms with Crippen LogP contribution in [0, 0.1) is 5.92 Å². The van der Waals surface area contributed by atoms with Crippen molar-refractivity contribution < 1.29 is 14.4 Å². The molecule has 2 aromatic rings. The topological polar surface area (TPSA) is 95.7 Å². The monoisotopic (exact) mass is 418 g/mol. The average Bonchev–Trinajstić information content (AvgIpc) is 3.09. The molecule has 0 bridgehead atoms. The number of nitrogens with one attached hydrogen (secondary N) is 1. The van der Waals surface area contributed by atoms with Crippen molar-refractivity contribution in [2.24, 2.45) is 11.7 Å². The van der Waals surface area contributed by atoms with Gasteiger partial charge in [-0.15, -0.1) is 0 Å².